The molecule has 0 saturated carbocycles. The summed E-state index contributed by atoms with van der Waals surface area (Å²) in [6, 6.07) is 15.5. The van der Waals surface area contributed by atoms with Crippen molar-refractivity contribution in [2.24, 2.45) is 0 Å². The molecule has 0 aliphatic heterocycles. The van der Waals surface area contributed by atoms with E-state index in [1.807, 2.05) is 48.5 Å². The van der Waals surface area contributed by atoms with E-state index in [1.54, 1.807) is 0 Å². The third-order valence-corrected chi connectivity index (χ3v) is 4.01. The minimum atomic E-state index is 0.0650. The van der Waals surface area contributed by atoms with Crippen LogP contribution < -0.4 is 10.6 Å². The molecule has 0 aromatic heterocycles. The molecule has 0 fully saturated rings. The molecule has 0 saturated heterocycles. The average molecular weight is 324 g/mol. The van der Waals surface area contributed by atoms with Gasteiger partial charge in [-0.25, -0.2) is 0 Å². The molecule has 128 valence electrons. The molecule has 0 radical (unpaired) electrons. The molecule has 2 N–H and O–H groups in total. The second-order valence-corrected chi connectivity index (χ2v) is 6.04. The number of hydrogen-bond acceptors (Lipinski definition) is 3. The first kappa shape index (κ1) is 18.1. The fraction of sp³-hybridized carbons (Fsp3) is 0.381. The molecule has 2 aromatic carbocycles. The van der Waals surface area contributed by atoms with Gasteiger partial charge in [-0.1, -0.05) is 26.7 Å². The predicted octanol–water partition coefficient (Wildman–Crippen LogP) is 5.34. The zero-order valence-corrected chi connectivity index (χ0v) is 14.8. The topological polar surface area (TPSA) is 41.1 Å². The van der Waals surface area contributed by atoms with Gasteiger partial charge in [-0.3, -0.25) is 4.79 Å². The van der Waals surface area contributed by atoms with Crippen LogP contribution in [-0.2, 0) is 0 Å². The summed E-state index contributed by atoms with van der Waals surface area (Å²) in [5.74, 6) is 0.0650. The van der Waals surface area contributed by atoms with Crippen molar-refractivity contribution in [2.45, 2.75) is 39.5 Å². The highest BCUT2D eigenvalue weighted by atomic mass is 16.1. The molecule has 0 spiro atoms. The van der Waals surface area contributed by atoms with Gasteiger partial charge in [-0.15, -0.1) is 0 Å². The first-order valence-corrected chi connectivity index (χ1v) is 8.97. The van der Waals surface area contributed by atoms with Crippen LogP contribution in [0.2, 0.25) is 0 Å². The third-order valence-electron chi connectivity index (χ3n) is 4.01. The van der Waals surface area contributed by atoms with Crippen LogP contribution in [0.25, 0.3) is 0 Å². The largest absolute Gasteiger partial charge is 0.385 e. The Balaban J connectivity index is 1.95. The van der Waals surface area contributed by atoms with Gasteiger partial charge in [0.1, 0.15) is 0 Å². The van der Waals surface area contributed by atoms with Gasteiger partial charge < -0.3 is 10.6 Å². The molecule has 2 aromatic rings. The molecule has 2 rings (SSSR count). The molecule has 0 amide bonds. The van der Waals surface area contributed by atoms with E-state index in [9.17, 15) is 4.79 Å². The highest BCUT2D eigenvalue weighted by molar-refractivity contribution is 6.09. The number of unbranched alkanes of at least 4 members (excludes halogenated alkanes) is 2. The summed E-state index contributed by atoms with van der Waals surface area (Å²) in [5, 5.41) is 6.73. The standard InChI is InChI=1S/C21H28N2O/c1-3-5-15-22-19-11-7-17(8-12-19)21(24)18-9-13-20(14-10-18)23-16-6-4-2/h7-14,22-23H,3-6,15-16H2,1-2H3. The number of anilines is 2. The van der Waals surface area contributed by atoms with Crippen molar-refractivity contribution in [1.82, 2.24) is 0 Å². The van der Waals surface area contributed by atoms with E-state index in [0.29, 0.717) is 0 Å². The van der Waals surface area contributed by atoms with Gasteiger partial charge >= 0.3 is 0 Å². The molecule has 24 heavy (non-hydrogen) atoms. The lowest BCUT2D eigenvalue weighted by molar-refractivity contribution is 0.103. The Bertz CT molecular complexity index is 562. The van der Waals surface area contributed by atoms with Gasteiger partial charge in [0.2, 0.25) is 0 Å². The number of nitrogens with one attached hydrogen (secondary N) is 2. The van der Waals surface area contributed by atoms with Gasteiger partial charge in [0.15, 0.2) is 5.78 Å². The molecule has 3 heteroatoms. The van der Waals surface area contributed by atoms with E-state index in [-0.39, 0.29) is 5.78 Å². The molecule has 0 aliphatic carbocycles. The number of ketones is 1. The van der Waals surface area contributed by atoms with Crippen LogP contribution in [0, 0.1) is 0 Å². The van der Waals surface area contributed by atoms with Crippen LogP contribution >= 0.6 is 0 Å². The quantitative estimate of drug-likeness (QED) is 0.458. The van der Waals surface area contributed by atoms with Crippen molar-refractivity contribution >= 4 is 17.2 Å². The summed E-state index contributed by atoms with van der Waals surface area (Å²) in [4.78, 5) is 12.5. The Morgan fingerprint density at radius 2 is 1.08 bits per heavy atom. The van der Waals surface area contributed by atoms with Crippen LogP contribution in [0.1, 0.15) is 55.5 Å². The molecule has 0 aliphatic rings. The van der Waals surface area contributed by atoms with Crippen LogP contribution in [-0.4, -0.2) is 18.9 Å². The normalized spacial score (nSPS) is 10.4. The summed E-state index contributed by atoms with van der Waals surface area (Å²) in [5.41, 5.74) is 3.58. The minimum absolute atomic E-state index is 0.0650. The van der Waals surface area contributed by atoms with E-state index < -0.39 is 0 Å². The van der Waals surface area contributed by atoms with Crippen molar-refractivity contribution < 1.29 is 4.79 Å². The van der Waals surface area contributed by atoms with Crippen LogP contribution in [0.4, 0.5) is 11.4 Å². The molecule has 0 bridgehead atoms. The maximum Gasteiger partial charge on any atom is 0.193 e. The molecule has 0 unspecified atom stereocenters. The summed E-state index contributed by atoms with van der Waals surface area (Å²) in [7, 11) is 0. The summed E-state index contributed by atoms with van der Waals surface area (Å²) < 4.78 is 0. The van der Waals surface area contributed by atoms with Crippen molar-refractivity contribution in [2.75, 3.05) is 23.7 Å². The van der Waals surface area contributed by atoms with Crippen LogP contribution in [0.5, 0.6) is 0 Å². The smallest absolute Gasteiger partial charge is 0.193 e. The average Bonchev–Trinajstić information content (AvgIpc) is 2.63. The van der Waals surface area contributed by atoms with Crippen LogP contribution in [0.3, 0.4) is 0 Å². The number of carbonyl (C=O) groups is 1. The zero-order chi connectivity index (χ0) is 17.2. The number of rotatable bonds is 10. The fourth-order valence-electron chi connectivity index (χ4n) is 2.46. The Kier molecular flexibility index (Phi) is 7.34. The fourth-order valence-corrected chi connectivity index (χ4v) is 2.46. The van der Waals surface area contributed by atoms with E-state index in [0.717, 1.165) is 48.4 Å². The maximum absolute atomic E-state index is 12.5. The second-order valence-electron chi connectivity index (χ2n) is 6.04. The monoisotopic (exact) mass is 324 g/mol. The minimum Gasteiger partial charge on any atom is -0.385 e. The Morgan fingerprint density at radius 1 is 0.708 bits per heavy atom. The van der Waals surface area contributed by atoms with E-state index in [1.165, 1.54) is 12.8 Å². The molecular weight excluding hydrogens is 296 g/mol. The van der Waals surface area contributed by atoms with E-state index >= 15 is 0 Å². The van der Waals surface area contributed by atoms with Crippen molar-refractivity contribution in [3.05, 3.63) is 59.7 Å². The van der Waals surface area contributed by atoms with Crippen LogP contribution in [0.15, 0.2) is 48.5 Å². The lowest BCUT2D eigenvalue weighted by Crippen LogP contribution is -2.04. The first-order chi connectivity index (χ1) is 11.7. The Labute approximate surface area is 145 Å². The van der Waals surface area contributed by atoms with Gasteiger partial charge in [-0.2, -0.15) is 0 Å². The van der Waals surface area contributed by atoms with Gasteiger partial charge in [-0.05, 0) is 61.4 Å². The van der Waals surface area contributed by atoms with Crippen molar-refractivity contribution in [3.63, 3.8) is 0 Å². The first-order valence-electron chi connectivity index (χ1n) is 8.97. The summed E-state index contributed by atoms with van der Waals surface area (Å²) in [6.45, 7) is 6.29. The molecule has 0 heterocycles. The highest BCUT2D eigenvalue weighted by Crippen LogP contribution is 2.16. The van der Waals surface area contributed by atoms with Crippen molar-refractivity contribution in [3.8, 4) is 0 Å². The lowest BCUT2D eigenvalue weighted by Gasteiger charge is -2.08. The SMILES string of the molecule is CCCCNc1ccc(C(=O)c2ccc(NCCCC)cc2)cc1. The maximum atomic E-state index is 12.5. The van der Waals surface area contributed by atoms with E-state index in [2.05, 4.69) is 24.5 Å². The van der Waals surface area contributed by atoms with E-state index in [4.69, 9.17) is 0 Å². The Hall–Kier alpha value is -2.29. The highest BCUT2D eigenvalue weighted by Gasteiger charge is 2.08. The summed E-state index contributed by atoms with van der Waals surface area (Å²) >= 11 is 0. The zero-order valence-electron chi connectivity index (χ0n) is 14.8. The number of hydrogen-bond donors (Lipinski definition) is 2. The molecular formula is C21H28N2O. The molecule has 0 atom stereocenters. The second kappa shape index (κ2) is 9.76. The number of benzene rings is 2. The number of carbonyl (C=O) groups excluding carboxylic acids is 1. The Morgan fingerprint density at radius 3 is 1.42 bits per heavy atom. The lowest BCUT2D eigenvalue weighted by atomic mass is 10.0. The molecule has 3 nitrogen and oxygen atoms in total. The van der Waals surface area contributed by atoms with Gasteiger partial charge in [0.25, 0.3) is 0 Å². The van der Waals surface area contributed by atoms with Gasteiger partial charge in [0.05, 0.1) is 0 Å². The van der Waals surface area contributed by atoms with Crippen molar-refractivity contribution in [1.29, 1.82) is 0 Å². The van der Waals surface area contributed by atoms with Gasteiger partial charge in [0, 0.05) is 35.6 Å². The predicted molar refractivity (Wildman–Crippen MR) is 103 cm³/mol. The summed E-state index contributed by atoms with van der Waals surface area (Å²) in [6.07, 6.45) is 4.65. The third kappa shape index (κ3) is 5.41.